The maximum atomic E-state index is 13.1. The average Bonchev–Trinajstić information content (AvgIpc) is 2.36. The summed E-state index contributed by atoms with van der Waals surface area (Å²) in [5.41, 5.74) is 0.587. The molecule has 0 aliphatic carbocycles. The summed E-state index contributed by atoms with van der Waals surface area (Å²) in [4.78, 5) is 8.48. The van der Waals surface area contributed by atoms with Crippen molar-refractivity contribution in [3.63, 3.8) is 0 Å². The molecule has 0 bridgehead atoms. The van der Waals surface area contributed by atoms with Crippen LogP contribution in [-0.2, 0) is 6.42 Å². The molecule has 0 amide bonds. The molecule has 0 aliphatic heterocycles. The minimum atomic E-state index is -0.572. The monoisotopic (exact) mass is 311 g/mol. The number of aromatic nitrogens is 2. The van der Waals surface area contributed by atoms with E-state index in [1.807, 2.05) is 13.8 Å². The lowest BCUT2D eigenvalue weighted by Gasteiger charge is -2.09. The van der Waals surface area contributed by atoms with Gasteiger partial charge in [-0.2, -0.15) is 0 Å². The van der Waals surface area contributed by atoms with E-state index in [0.29, 0.717) is 35.3 Å². The van der Waals surface area contributed by atoms with Gasteiger partial charge in [0.05, 0.1) is 0 Å². The summed E-state index contributed by atoms with van der Waals surface area (Å²) in [5, 5.41) is 3.46. The van der Waals surface area contributed by atoms with Crippen molar-refractivity contribution in [1.82, 2.24) is 9.97 Å². The van der Waals surface area contributed by atoms with E-state index in [1.54, 1.807) is 6.07 Å². The van der Waals surface area contributed by atoms with Crippen LogP contribution < -0.4 is 5.32 Å². The van der Waals surface area contributed by atoms with Gasteiger partial charge in [0, 0.05) is 24.6 Å². The highest BCUT2D eigenvalue weighted by Crippen LogP contribution is 2.17. The van der Waals surface area contributed by atoms with Crippen LogP contribution in [0, 0.1) is 11.6 Å². The number of rotatable bonds is 5. The van der Waals surface area contributed by atoms with Gasteiger partial charge in [0.15, 0.2) is 0 Å². The van der Waals surface area contributed by atoms with Crippen LogP contribution >= 0.6 is 11.6 Å². The molecule has 3 nitrogen and oxygen atoms in total. The second-order valence-electron chi connectivity index (χ2n) is 5.04. The zero-order valence-corrected chi connectivity index (χ0v) is 12.6. The zero-order chi connectivity index (χ0) is 15.4. The highest BCUT2D eigenvalue weighted by Gasteiger charge is 2.07. The predicted octanol–water partition coefficient (Wildman–Crippen LogP) is 4.19. The molecule has 0 atom stereocenters. The molecule has 6 heteroatoms. The standard InChI is InChI=1S/C15H16ClF2N3/c1-9(2)15-20-13(16)8-14(21-15)19-4-3-10-5-11(17)7-12(18)6-10/h5-9H,3-4H2,1-2H3,(H,19,20,21). The summed E-state index contributed by atoms with van der Waals surface area (Å²) in [6.07, 6.45) is 0.479. The first-order valence-electron chi connectivity index (χ1n) is 6.67. The first-order chi connectivity index (χ1) is 9.94. The average molecular weight is 312 g/mol. The maximum absolute atomic E-state index is 13.1. The van der Waals surface area contributed by atoms with Gasteiger partial charge in [-0.15, -0.1) is 0 Å². The highest BCUT2D eigenvalue weighted by molar-refractivity contribution is 6.29. The van der Waals surface area contributed by atoms with Crippen LogP contribution in [-0.4, -0.2) is 16.5 Å². The van der Waals surface area contributed by atoms with E-state index >= 15 is 0 Å². The molecule has 0 radical (unpaired) electrons. The van der Waals surface area contributed by atoms with E-state index in [2.05, 4.69) is 15.3 Å². The largest absolute Gasteiger partial charge is 0.370 e. The predicted molar refractivity (Wildman–Crippen MR) is 79.7 cm³/mol. The molecule has 0 saturated carbocycles. The van der Waals surface area contributed by atoms with Crippen molar-refractivity contribution in [1.29, 1.82) is 0 Å². The SMILES string of the molecule is CC(C)c1nc(Cl)cc(NCCc2cc(F)cc(F)c2)n1. The Balaban J connectivity index is 2.00. The first-order valence-corrected chi connectivity index (χ1v) is 7.05. The normalized spacial score (nSPS) is 11.0. The molecule has 1 heterocycles. The molecule has 21 heavy (non-hydrogen) atoms. The van der Waals surface area contributed by atoms with Crippen LogP contribution in [0.25, 0.3) is 0 Å². The number of benzene rings is 1. The smallest absolute Gasteiger partial charge is 0.135 e. The van der Waals surface area contributed by atoms with Crippen molar-refractivity contribution < 1.29 is 8.78 Å². The van der Waals surface area contributed by atoms with Crippen LogP contribution in [0.15, 0.2) is 24.3 Å². The number of hydrogen-bond donors (Lipinski definition) is 1. The van der Waals surface area contributed by atoms with Crippen molar-refractivity contribution in [3.8, 4) is 0 Å². The Bertz CT molecular complexity index is 612. The third kappa shape index (κ3) is 4.63. The highest BCUT2D eigenvalue weighted by atomic mass is 35.5. The van der Waals surface area contributed by atoms with Crippen LogP contribution in [0.2, 0.25) is 5.15 Å². The fourth-order valence-corrected chi connectivity index (χ4v) is 2.06. The third-order valence-electron chi connectivity index (χ3n) is 2.87. The fraction of sp³-hybridized carbons (Fsp3) is 0.333. The van der Waals surface area contributed by atoms with Crippen molar-refractivity contribution >= 4 is 17.4 Å². The molecule has 1 N–H and O–H groups in total. The maximum Gasteiger partial charge on any atom is 0.135 e. The van der Waals surface area contributed by atoms with E-state index in [4.69, 9.17) is 11.6 Å². The summed E-state index contributed by atoms with van der Waals surface area (Å²) in [6.45, 7) is 4.45. The Labute approximate surface area is 127 Å². The molecule has 1 aromatic heterocycles. The Hall–Kier alpha value is -1.75. The molecular formula is C15H16ClF2N3. The van der Waals surface area contributed by atoms with Crippen molar-refractivity contribution in [2.24, 2.45) is 0 Å². The van der Waals surface area contributed by atoms with Gasteiger partial charge in [-0.3, -0.25) is 0 Å². The van der Waals surface area contributed by atoms with E-state index in [1.165, 1.54) is 12.1 Å². The Morgan fingerprint density at radius 3 is 2.38 bits per heavy atom. The number of halogens is 3. The minimum absolute atomic E-state index is 0.168. The van der Waals surface area contributed by atoms with Crippen molar-refractivity contribution in [2.45, 2.75) is 26.2 Å². The van der Waals surface area contributed by atoms with Crippen LogP contribution in [0.3, 0.4) is 0 Å². The van der Waals surface area contributed by atoms with E-state index in [0.717, 1.165) is 6.07 Å². The third-order valence-corrected chi connectivity index (χ3v) is 3.06. The lowest BCUT2D eigenvalue weighted by atomic mass is 10.1. The Morgan fingerprint density at radius 1 is 1.10 bits per heavy atom. The van der Waals surface area contributed by atoms with Crippen molar-refractivity contribution in [2.75, 3.05) is 11.9 Å². The van der Waals surface area contributed by atoms with E-state index < -0.39 is 11.6 Å². The number of nitrogens with zero attached hydrogens (tertiary/aromatic N) is 2. The Morgan fingerprint density at radius 2 is 1.76 bits per heavy atom. The van der Waals surface area contributed by atoms with Crippen molar-refractivity contribution in [3.05, 3.63) is 52.4 Å². The van der Waals surface area contributed by atoms with E-state index in [9.17, 15) is 8.78 Å². The number of nitrogens with one attached hydrogen (secondary N) is 1. The lowest BCUT2D eigenvalue weighted by Crippen LogP contribution is -2.09. The van der Waals surface area contributed by atoms with Crippen LogP contribution in [0.5, 0.6) is 0 Å². The second-order valence-corrected chi connectivity index (χ2v) is 5.43. The van der Waals surface area contributed by atoms with Gasteiger partial charge in [0.1, 0.15) is 28.4 Å². The lowest BCUT2D eigenvalue weighted by molar-refractivity contribution is 0.580. The number of anilines is 1. The summed E-state index contributed by atoms with van der Waals surface area (Å²) in [7, 11) is 0. The molecule has 2 aromatic rings. The summed E-state index contributed by atoms with van der Waals surface area (Å²) < 4.78 is 26.1. The molecule has 0 fully saturated rings. The van der Waals surface area contributed by atoms with Gasteiger partial charge in [-0.25, -0.2) is 18.7 Å². The topological polar surface area (TPSA) is 37.8 Å². The first kappa shape index (κ1) is 15.6. The molecule has 1 aromatic carbocycles. The molecule has 0 aliphatic rings. The van der Waals surface area contributed by atoms with Gasteiger partial charge >= 0.3 is 0 Å². The van der Waals surface area contributed by atoms with E-state index in [-0.39, 0.29) is 5.92 Å². The zero-order valence-electron chi connectivity index (χ0n) is 11.8. The van der Waals surface area contributed by atoms with Gasteiger partial charge < -0.3 is 5.32 Å². The van der Waals surface area contributed by atoms with Gasteiger partial charge in [-0.1, -0.05) is 25.4 Å². The second kappa shape index (κ2) is 6.80. The summed E-state index contributed by atoms with van der Waals surface area (Å²) >= 11 is 5.94. The minimum Gasteiger partial charge on any atom is -0.370 e. The molecule has 0 unspecified atom stereocenters. The molecular weight excluding hydrogens is 296 g/mol. The Kier molecular flexibility index (Phi) is 5.07. The van der Waals surface area contributed by atoms with Gasteiger partial charge in [-0.05, 0) is 24.1 Å². The molecule has 0 spiro atoms. The molecule has 2 rings (SSSR count). The van der Waals surface area contributed by atoms with Gasteiger partial charge in [0.25, 0.3) is 0 Å². The summed E-state index contributed by atoms with van der Waals surface area (Å²) in [6, 6.07) is 5.12. The molecule has 0 saturated heterocycles. The van der Waals surface area contributed by atoms with Crippen LogP contribution in [0.4, 0.5) is 14.6 Å². The quantitative estimate of drug-likeness (QED) is 0.842. The fourth-order valence-electron chi connectivity index (χ4n) is 1.87. The van der Waals surface area contributed by atoms with Gasteiger partial charge in [0.2, 0.25) is 0 Å². The van der Waals surface area contributed by atoms with Crippen LogP contribution in [0.1, 0.15) is 31.2 Å². The number of hydrogen-bond acceptors (Lipinski definition) is 3. The summed E-state index contributed by atoms with van der Waals surface area (Å²) in [5.74, 6) is 0.285. The molecule has 112 valence electrons.